The molecule has 8 heteroatoms. The Balaban J connectivity index is 3.05. The predicted octanol–water partition coefficient (Wildman–Crippen LogP) is 3.91. The third kappa shape index (κ3) is 27.4. The van der Waals surface area contributed by atoms with Gasteiger partial charge in [0.05, 0.1) is 59.5 Å². The molecule has 1 N–H and O–H groups in total. The number of carbonyl (C=O) groups is 1. The van der Waals surface area contributed by atoms with E-state index >= 15 is 0 Å². The topological polar surface area (TPSA) is 92.7 Å². The zero-order chi connectivity index (χ0) is 24.2. The highest BCUT2D eigenvalue weighted by Crippen LogP contribution is 2.10. The molecule has 0 saturated carbocycles. The second kappa shape index (κ2) is 27.5. The number of esters is 1. The van der Waals surface area contributed by atoms with Crippen molar-refractivity contribution in [1.82, 2.24) is 0 Å². The maximum Gasteiger partial charge on any atom is 0.334 e. The SMILES string of the molecule is CCCCCCCCCCCCOCCOCCOCCOCCOCCOC(=O)C(C)O. The first-order valence-corrected chi connectivity index (χ1v) is 12.9. The zero-order valence-electron chi connectivity index (χ0n) is 21.2. The molecule has 0 aliphatic rings. The minimum absolute atomic E-state index is 0.122. The summed E-state index contributed by atoms with van der Waals surface area (Å²) in [6.07, 6.45) is 12.3. The van der Waals surface area contributed by atoms with E-state index in [1.807, 2.05) is 0 Å². The Bertz CT molecular complexity index is 393. The third-order valence-electron chi connectivity index (χ3n) is 4.94. The highest BCUT2D eigenvalue weighted by molar-refractivity contribution is 5.73. The molecule has 0 saturated heterocycles. The molecule has 198 valence electrons. The Labute approximate surface area is 201 Å². The van der Waals surface area contributed by atoms with Crippen molar-refractivity contribution >= 4 is 5.97 Å². The number of aliphatic hydroxyl groups excluding tert-OH is 1. The lowest BCUT2D eigenvalue weighted by Crippen LogP contribution is -2.21. The van der Waals surface area contributed by atoms with E-state index in [-0.39, 0.29) is 13.2 Å². The molecule has 0 bridgehead atoms. The molecule has 1 atom stereocenters. The lowest BCUT2D eigenvalue weighted by atomic mass is 10.1. The van der Waals surface area contributed by atoms with Gasteiger partial charge in [-0.15, -0.1) is 0 Å². The Hall–Kier alpha value is -0.770. The van der Waals surface area contributed by atoms with Gasteiger partial charge >= 0.3 is 5.97 Å². The van der Waals surface area contributed by atoms with Gasteiger partial charge in [0.25, 0.3) is 0 Å². The molecule has 0 spiro atoms. The van der Waals surface area contributed by atoms with E-state index in [0.717, 1.165) is 13.0 Å². The monoisotopic (exact) mass is 478 g/mol. The third-order valence-corrected chi connectivity index (χ3v) is 4.94. The summed E-state index contributed by atoms with van der Waals surface area (Å²) >= 11 is 0. The largest absolute Gasteiger partial charge is 0.461 e. The number of aliphatic hydroxyl groups is 1. The van der Waals surface area contributed by atoms with E-state index in [9.17, 15) is 4.79 Å². The summed E-state index contributed by atoms with van der Waals surface area (Å²) in [4.78, 5) is 11.0. The predicted molar refractivity (Wildman–Crippen MR) is 129 cm³/mol. The van der Waals surface area contributed by atoms with Crippen LogP contribution in [0.5, 0.6) is 0 Å². The number of hydrogen-bond acceptors (Lipinski definition) is 8. The van der Waals surface area contributed by atoms with Crippen molar-refractivity contribution in [2.75, 3.05) is 72.7 Å². The van der Waals surface area contributed by atoms with E-state index in [4.69, 9.17) is 33.5 Å². The molecule has 0 rings (SSSR count). The van der Waals surface area contributed by atoms with E-state index < -0.39 is 12.1 Å². The second-order valence-electron chi connectivity index (χ2n) is 8.09. The summed E-state index contributed by atoms with van der Waals surface area (Å²) in [6, 6.07) is 0. The standard InChI is InChI=1S/C25H50O8/c1-3-4-5-6-7-8-9-10-11-12-13-28-14-15-29-16-17-30-18-19-31-20-21-32-22-23-33-25(27)24(2)26/h24,26H,3-23H2,1-2H3. The molecular weight excluding hydrogens is 428 g/mol. The summed E-state index contributed by atoms with van der Waals surface area (Å²) < 4.78 is 31.9. The molecule has 33 heavy (non-hydrogen) atoms. The normalized spacial score (nSPS) is 12.2. The second-order valence-corrected chi connectivity index (χ2v) is 8.09. The van der Waals surface area contributed by atoms with Crippen LogP contribution in [-0.2, 0) is 33.2 Å². The number of unbranched alkanes of at least 4 members (excludes halogenated alkanes) is 9. The van der Waals surface area contributed by atoms with Gasteiger partial charge in [-0.25, -0.2) is 4.79 Å². The van der Waals surface area contributed by atoms with Crippen LogP contribution in [0.25, 0.3) is 0 Å². The molecule has 0 fully saturated rings. The molecule has 8 nitrogen and oxygen atoms in total. The van der Waals surface area contributed by atoms with Crippen molar-refractivity contribution in [3.05, 3.63) is 0 Å². The van der Waals surface area contributed by atoms with Crippen LogP contribution in [0.4, 0.5) is 0 Å². The van der Waals surface area contributed by atoms with Gasteiger partial charge < -0.3 is 33.5 Å². The molecule has 1 unspecified atom stereocenters. The average Bonchev–Trinajstić information content (AvgIpc) is 2.81. The van der Waals surface area contributed by atoms with Gasteiger partial charge in [0, 0.05) is 6.61 Å². The quantitative estimate of drug-likeness (QED) is 0.140. The maximum absolute atomic E-state index is 11.0. The van der Waals surface area contributed by atoms with Gasteiger partial charge in [-0.1, -0.05) is 64.7 Å². The van der Waals surface area contributed by atoms with Crippen molar-refractivity contribution < 1.29 is 38.3 Å². The number of carbonyl (C=O) groups excluding carboxylic acids is 1. The van der Waals surface area contributed by atoms with Crippen LogP contribution in [0.1, 0.15) is 78.1 Å². The van der Waals surface area contributed by atoms with Crippen LogP contribution in [0.2, 0.25) is 0 Å². The van der Waals surface area contributed by atoms with Crippen molar-refractivity contribution in [1.29, 1.82) is 0 Å². The Morgan fingerprint density at radius 2 is 0.879 bits per heavy atom. The Kier molecular flexibility index (Phi) is 26.8. The van der Waals surface area contributed by atoms with Crippen LogP contribution in [0, 0.1) is 0 Å². The van der Waals surface area contributed by atoms with Crippen LogP contribution in [0.3, 0.4) is 0 Å². The van der Waals surface area contributed by atoms with Gasteiger partial charge in [0.15, 0.2) is 0 Å². The molecule has 0 aliphatic heterocycles. The van der Waals surface area contributed by atoms with Crippen LogP contribution < -0.4 is 0 Å². The summed E-state index contributed by atoms with van der Waals surface area (Å²) in [6.45, 7) is 9.02. The molecule has 0 radical (unpaired) electrons. The summed E-state index contributed by atoms with van der Waals surface area (Å²) in [5, 5.41) is 8.95. The van der Waals surface area contributed by atoms with Gasteiger partial charge in [-0.05, 0) is 13.3 Å². The number of ether oxygens (including phenoxy) is 6. The highest BCUT2D eigenvalue weighted by atomic mass is 16.6. The molecule has 0 heterocycles. The van der Waals surface area contributed by atoms with Crippen molar-refractivity contribution in [2.45, 2.75) is 84.2 Å². The maximum atomic E-state index is 11.0. The lowest BCUT2D eigenvalue weighted by molar-refractivity contribution is -0.154. The fraction of sp³-hybridized carbons (Fsp3) is 0.960. The van der Waals surface area contributed by atoms with Gasteiger partial charge in [0.1, 0.15) is 12.7 Å². The van der Waals surface area contributed by atoms with Gasteiger partial charge in [0.2, 0.25) is 0 Å². The van der Waals surface area contributed by atoms with Gasteiger partial charge in [-0.2, -0.15) is 0 Å². The van der Waals surface area contributed by atoms with E-state index in [2.05, 4.69) is 6.92 Å². The molecule has 0 aromatic heterocycles. The average molecular weight is 479 g/mol. The molecule has 0 aromatic carbocycles. The van der Waals surface area contributed by atoms with E-state index in [1.165, 1.54) is 64.7 Å². The number of rotatable bonds is 27. The first kappa shape index (κ1) is 32.2. The van der Waals surface area contributed by atoms with Gasteiger partial charge in [-0.3, -0.25) is 0 Å². The first-order valence-electron chi connectivity index (χ1n) is 12.9. The fourth-order valence-corrected chi connectivity index (χ4v) is 3.00. The minimum atomic E-state index is -1.11. The highest BCUT2D eigenvalue weighted by Gasteiger charge is 2.08. The molecule has 0 amide bonds. The number of hydrogen-bond donors (Lipinski definition) is 1. The molecular formula is C25H50O8. The molecule has 0 aliphatic carbocycles. The van der Waals surface area contributed by atoms with Crippen molar-refractivity contribution in [3.8, 4) is 0 Å². The van der Waals surface area contributed by atoms with Crippen LogP contribution >= 0.6 is 0 Å². The summed E-state index contributed by atoms with van der Waals surface area (Å²) in [5.74, 6) is -0.646. The fourth-order valence-electron chi connectivity index (χ4n) is 3.00. The minimum Gasteiger partial charge on any atom is -0.461 e. The van der Waals surface area contributed by atoms with Crippen LogP contribution in [-0.4, -0.2) is 89.9 Å². The van der Waals surface area contributed by atoms with E-state index in [0.29, 0.717) is 52.9 Å². The van der Waals surface area contributed by atoms with Crippen LogP contribution in [0.15, 0.2) is 0 Å². The Morgan fingerprint density at radius 1 is 0.545 bits per heavy atom. The summed E-state index contributed by atoms with van der Waals surface area (Å²) in [5.41, 5.74) is 0. The van der Waals surface area contributed by atoms with E-state index in [1.54, 1.807) is 0 Å². The lowest BCUT2D eigenvalue weighted by Gasteiger charge is -2.09. The van der Waals surface area contributed by atoms with Crippen molar-refractivity contribution in [2.24, 2.45) is 0 Å². The smallest absolute Gasteiger partial charge is 0.334 e. The first-order chi connectivity index (χ1) is 16.2. The van der Waals surface area contributed by atoms with Crippen molar-refractivity contribution in [3.63, 3.8) is 0 Å². The Morgan fingerprint density at radius 3 is 1.27 bits per heavy atom. The molecule has 0 aromatic rings. The zero-order valence-corrected chi connectivity index (χ0v) is 21.2. The summed E-state index contributed by atoms with van der Waals surface area (Å²) in [7, 11) is 0.